The fourth-order valence-corrected chi connectivity index (χ4v) is 2.46. The largest absolute Gasteiger partial charge is 0.375 e. The zero-order valence-electron chi connectivity index (χ0n) is 13.1. The Morgan fingerprint density at radius 2 is 2.13 bits per heavy atom. The van der Waals surface area contributed by atoms with E-state index in [1.807, 2.05) is 54.2 Å². The van der Waals surface area contributed by atoms with Crippen molar-refractivity contribution in [3.05, 3.63) is 48.3 Å². The number of ether oxygens (including phenoxy) is 1. The van der Waals surface area contributed by atoms with Crippen LogP contribution in [0.25, 0.3) is 5.69 Å². The predicted molar refractivity (Wildman–Crippen MR) is 101 cm³/mol. The molecule has 124 valence electrons. The Labute approximate surface area is 153 Å². The summed E-state index contributed by atoms with van der Waals surface area (Å²) in [4.78, 5) is 6.51. The van der Waals surface area contributed by atoms with Crippen LogP contribution in [-0.2, 0) is 11.3 Å². The molecule has 1 aromatic heterocycles. The minimum Gasteiger partial charge on any atom is -0.375 e. The molecule has 0 saturated carbocycles. The maximum absolute atomic E-state index is 6.06. The Balaban J connectivity index is 0.00000192. The molecule has 1 aliphatic heterocycles. The normalized spacial score (nSPS) is 18.6. The zero-order valence-corrected chi connectivity index (χ0v) is 15.5. The summed E-state index contributed by atoms with van der Waals surface area (Å²) in [5.74, 6) is 0.560. The molecule has 7 heteroatoms. The molecule has 1 saturated heterocycles. The first-order valence-electron chi connectivity index (χ1n) is 7.49. The van der Waals surface area contributed by atoms with Crippen LogP contribution in [-0.4, -0.2) is 46.4 Å². The quantitative estimate of drug-likeness (QED) is 0.463. The summed E-state index contributed by atoms with van der Waals surface area (Å²) in [6, 6.07) is 12.0. The van der Waals surface area contributed by atoms with E-state index in [1.54, 1.807) is 0 Å². The van der Waals surface area contributed by atoms with Gasteiger partial charge in [-0.25, -0.2) is 9.67 Å². The van der Waals surface area contributed by atoms with Gasteiger partial charge in [0.1, 0.15) is 0 Å². The molecule has 0 spiro atoms. The standard InChI is InChI=1S/C16H21N5O.HI/c1-13-12-20(9-10-22-13)16(17)18-11-14-7-8-21(19-14)15-5-3-2-4-6-15;/h2-8,13H,9-12H2,1H3,(H2,17,18);1H. The van der Waals surface area contributed by atoms with Crippen molar-refractivity contribution >= 4 is 29.9 Å². The predicted octanol–water partition coefficient (Wildman–Crippen LogP) is 2.03. The summed E-state index contributed by atoms with van der Waals surface area (Å²) in [5, 5.41) is 4.52. The van der Waals surface area contributed by atoms with Gasteiger partial charge in [-0.15, -0.1) is 24.0 Å². The summed E-state index contributed by atoms with van der Waals surface area (Å²) in [5.41, 5.74) is 7.99. The van der Waals surface area contributed by atoms with Crippen molar-refractivity contribution in [3.8, 4) is 5.69 Å². The van der Waals surface area contributed by atoms with Gasteiger partial charge in [-0.2, -0.15) is 5.10 Å². The molecule has 1 atom stereocenters. The van der Waals surface area contributed by atoms with Gasteiger partial charge in [-0.05, 0) is 25.1 Å². The molecule has 1 aromatic carbocycles. The van der Waals surface area contributed by atoms with Gasteiger partial charge in [0, 0.05) is 19.3 Å². The highest BCUT2D eigenvalue weighted by atomic mass is 127. The van der Waals surface area contributed by atoms with E-state index >= 15 is 0 Å². The van der Waals surface area contributed by atoms with Crippen molar-refractivity contribution in [1.29, 1.82) is 0 Å². The molecule has 0 bridgehead atoms. The number of morpholine rings is 1. The van der Waals surface area contributed by atoms with Crippen LogP contribution in [0.2, 0.25) is 0 Å². The Bertz CT molecular complexity index is 643. The minimum atomic E-state index is 0. The summed E-state index contributed by atoms with van der Waals surface area (Å²) >= 11 is 0. The van der Waals surface area contributed by atoms with E-state index in [4.69, 9.17) is 10.5 Å². The number of hydrogen-bond acceptors (Lipinski definition) is 3. The molecule has 2 aromatic rings. The van der Waals surface area contributed by atoms with E-state index in [0.717, 1.165) is 24.5 Å². The fourth-order valence-electron chi connectivity index (χ4n) is 2.46. The molecule has 2 heterocycles. The summed E-state index contributed by atoms with van der Waals surface area (Å²) in [6.45, 7) is 4.80. The van der Waals surface area contributed by atoms with Crippen LogP contribution in [0.4, 0.5) is 0 Å². The van der Waals surface area contributed by atoms with Gasteiger partial charge in [0.2, 0.25) is 0 Å². The molecule has 6 nitrogen and oxygen atoms in total. The van der Waals surface area contributed by atoms with Gasteiger partial charge in [-0.3, -0.25) is 0 Å². The SMILES string of the molecule is CC1CN(C(N)=NCc2ccn(-c3ccccc3)n2)CCO1.I. The van der Waals surface area contributed by atoms with Crippen LogP contribution in [0, 0.1) is 0 Å². The topological polar surface area (TPSA) is 68.7 Å². The number of nitrogens with two attached hydrogens (primary N) is 1. The summed E-state index contributed by atoms with van der Waals surface area (Å²) in [6.07, 6.45) is 2.13. The average Bonchev–Trinajstić information content (AvgIpc) is 3.02. The molecule has 0 radical (unpaired) electrons. The van der Waals surface area contributed by atoms with E-state index in [9.17, 15) is 0 Å². The van der Waals surface area contributed by atoms with Crippen molar-refractivity contribution in [2.24, 2.45) is 10.7 Å². The maximum Gasteiger partial charge on any atom is 0.191 e. The van der Waals surface area contributed by atoms with Crippen LogP contribution < -0.4 is 5.73 Å². The molecule has 1 fully saturated rings. The highest BCUT2D eigenvalue weighted by molar-refractivity contribution is 14.0. The average molecular weight is 427 g/mol. The number of benzene rings is 1. The molecule has 0 amide bonds. The number of guanidine groups is 1. The first-order chi connectivity index (χ1) is 10.7. The highest BCUT2D eigenvalue weighted by Gasteiger charge is 2.17. The van der Waals surface area contributed by atoms with Crippen LogP contribution in [0.5, 0.6) is 0 Å². The fraction of sp³-hybridized carbons (Fsp3) is 0.375. The van der Waals surface area contributed by atoms with E-state index in [-0.39, 0.29) is 30.1 Å². The van der Waals surface area contributed by atoms with Gasteiger partial charge >= 0.3 is 0 Å². The van der Waals surface area contributed by atoms with Crippen LogP contribution in [0.1, 0.15) is 12.6 Å². The van der Waals surface area contributed by atoms with Crippen LogP contribution in [0.15, 0.2) is 47.6 Å². The van der Waals surface area contributed by atoms with Crippen molar-refractivity contribution in [1.82, 2.24) is 14.7 Å². The summed E-state index contributed by atoms with van der Waals surface area (Å²) in [7, 11) is 0. The third kappa shape index (κ3) is 4.68. The highest BCUT2D eigenvalue weighted by Crippen LogP contribution is 2.08. The molecule has 0 aliphatic carbocycles. The first-order valence-corrected chi connectivity index (χ1v) is 7.49. The second-order valence-corrected chi connectivity index (χ2v) is 5.39. The zero-order chi connectivity index (χ0) is 15.4. The Morgan fingerprint density at radius 1 is 1.35 bits per heavy atom. The number of halogens is 1. The van der Waals surface area contributed by atoms with Gasteiger partial charge in [0.25, 0.3) is 0 Å². The van der Waals surface area contributed by atoms with E-state index in [1.165, 1.54) is 0 Å². The number of nitrogens with zero attached hydrogens (tertiary/aromatic N) is 4. The second-order valence-electron chi connectivity index (χ2n) is 5.39. The molecule has 3 rings (SSSR count). The van der Waals surface area contributed by atoms with Gasteiger partial charge in [0.15, 0.2) is 5.96 Å². The van der Waals surface area contributed by atoms with Crippen LogP contribution in [0.3, 0.4) is 0 Å². The Kier molecular flexibility index (Phi) is 6.40. The lowest BCUT2D eigenvalue weighted by Gasteiger charge is -2.31. The minimum absolute atomic E-state index is 0. The molecule has 1 unspecified atom stereocenters. The Morgan fingerprint density at radius 3 is 2.87 bits per heavy atom. The van der Waals surface area contributed by atoms with Gasteiger partial charge in [0.05, 0.1) is 30.6 Å². The number of hydrogen-bond donors (Lipinski definition) is 1. The number of para-hydroxylation sites is 1. The molecular weight excluding hydrogens is 405 g/mol. The van der Waals surface area contributed by atoms with Crippen molar-refractivity contribution < 1.29 is 4.74 Å². The van der Waals surface area contributed by atoms with E-state index in [0.29, 0.717) is 19.1 Å². The monoisotopic (exact) mass is 427 g/mol. The molecule has 1 aliphatic rings. The van der Waals surface area contributed by atoms with Crippen LogP contribution >= 0.6 is 24.0 Å². The number of aromatic nitrogens is 2. The second kappa shape index (κ2) is 8.30. The van der Waals surface area contributed by atoms with Gasteiger partial charge < -0.3 is 15.4 Å². The lowest BCUT2D eigenvalue weighted by molar-refractivity contribution is 0.00528. The molecular formula is C16H22IN5O. The lowest BCUT2D eigenvalue weighted by atomic mass is 10.3. The Hall–Kier alpha value is -1.61. The number of aliphatic imine (C=N–C) groups is 1. The summed E-state index contributed by atoms with van der Waals surface area (Å²) < 4.78 is 7.35. The van der Waals surface area contributed by atoms with Crippen molar-refractivity contribution in [2.45, 2.75) is 19.6 Å². The third-order valence-electron chi connectivity index (χ3n) is 3.63. The molecule has 2 N–H and O–H groups in total. The third-order valence-corrected chi connectivity index (χ3v) is 3.63. The first kappa shape index (κ1) is 17.7. The van der Waals surface area contributed by atoms with Crippen molar-refractivity contribution in [2.75, 3.05) is 19.7 Å². The molecule has 23 heavy (non-hydrogen) atoms. The van der Waals surface area contributed by atoms with Gasteiger partial charge in [-0.1, -0.05) is 18.2 Å². The van der Waals surface area contributed by atoms with E-state index < -0.39 is 0 Å². The smallest absolute Gasteiger partial charge is 0.191 e. The van der Waals surface area contributed by atoms with E-state index in [2.05, 4.69) is 15.0 Å². The number of rotatable bonds is 3. The van der Waals surface area contributed by atoms with Crippen molar-refractivity contribution in [3.63, 3.8) is 0 Å². The lowest BCUT2D eigenvalue weighted by Crippen LogP contribution is -2.47. The maximum atomic E-state index is 6.06.